The number of carboxylic acid groups (broad SMARTS) is 1. The highest BCUT2D eigenvalue weighted by Gasteiger charge is 2.33. The van der Waals surface area contributed by atoms with E-state index in [4.69, 9.17) is 21.0 Å². The number of amides is 5. The predicted molar refractivity (Wildman–Crippen MR) is 205 cm³/mol. The van der Waals surface area contributed by atoms with E-state index in [1.807, 2.05) is 0 Å². The Morgan fingerprint density at radius 2 is 1.45 bits per heavy atom. The number of ether oxygens (including phenoxy) is 1. The molecule has 5 amide bonds. The first-order valence-electron chi connectivity index (χ1n) is 17.5. The van der Waals surface area contributed by atoms with E-state index in [0.717, 1.165) is 0 Å². The quantitative estimate of drug-likeness (QED) is 0.0859. The molecule has 298 valence electrons. The summed E-state index contributed by atoms with van der Waals surface area (Å²) in [6, 6.07) is 10.0. The minimum atomic E-state index is -1.63. The van der Waals surface area contributed by atoms with E-state index < -0.39 is 71.9 Å². The second kappa shape index (κ2) is 20.2. The summed E-state index contributed by atoms with van der Waals surface area (Å²) in [5, 5.41) is 17.5. The second-order valence-corrected chi connectivity index (χ2v) is 14.5. The number of primary amides is 1. The molecule has 0 spiro atoms. The van der Waals surface area contributed by atoms with Gasteiger partial charge in [-0.25, -0.2) is 9.36 Å². The van der Waals surface area contributed by atoms with Gasteiger partial charge < -0.3 is 42.1 Å². The highest BCUT2D eigenvalue weighted by atomic mass is 32.2. The van der Waals surface area contributed by atoms with Crippen LogP contribution in [-0.2, 0) is 41.6 Å². The number of carboxylic acids is 1. The number of thioether (sulfide) groups is 1. The van der Waals surface area contributed by atoms with Crippen LogP contribution in [0.15, 0.2) is 54.6 Å². The van der Waals surface area contributed by atoms with Crippen molar-refractivity contribution in [1.29, 1.82) is 0 Å². The van der Waals surface area contributed by atoms with Gasteiger partial charge in [-0.3, -0.25) is 28.8 Å². The van der Waals surface area contributed by atoms with Crippen LogP contribution >= 0.6 is 11.8 Å². The lowest BCUT2D eigenvalue weighted by Crippen LogP contribution is -2.58. The van der Waals surface area contributed by atoms with Crippen molar-refractivity contribution in [1.82, 2.24) is 26.0 Å². The van der Waals surface area contributed by atoms with Crippen LogP contribution in [0, 0.1) is 0 Å². The lowest BCUT2D eigenvalue weighted by molar-refractivity contribution is -0.141. The van der Waals surface area contributed by atoms with Crippen molar-refractivity contribution in [2.24, 2.45) is 11.5 Å². The molecule has 17 nitrogen and oxygen atoms in total. The van der Waals surface area contributed by atoms with E-state index in [1.165, 1.54) is 16.3 Å². The average Bonchev–Trinajstić information content (AvgIpc) is 3.43. The first kappa shape index (κ1) is 43.8. The number of carbonyl (C=O) groups is 7. The zero-order valence-electron chi connectivity index (χ0n) is 31.4. The van der Waals surface area contributed by atoms with Gasteiger partial charge in [-0.1, -0.05) is 55.5 Å². The monoisotopic (exact) mass is 783 g/mol. The van der Waals surface area contributed by atoms with Crippen LogP contribution in [-0.4, -0.2) is 93.0 Å². The number of aliphatic carboxylic acids is 1. The molecule has 18 heteroatoms. The average molecular weight is 784 g/mol. The Balaban J connectivity index is 1.85. The molecule has 55 heavy (non-hydrogen) atoms. The molecule has 0 saturated carbocycles. The molecule has 9 N–H and O–H groups in total. The van der Waals surface area contributed by atoms with Gasteiger partial charge in [-0.2, -0.15) is 17.2 Å². The molecular formula is C37H49N7O10S. The van der Waals surface area contributed by atoms with Crippen LogP contribution in [0.1, 0.15) is 62.9 Å². The Morgan fingerprint density at radius 1 is 0.855 bits per heavy atom. The number of hydrogen-bond donors (Lipinski definition) is 7. The van der Waals surface area contributed by atoms with Gasteiger partial charge in [0.05, 0.1) is 18.0 Å². The summed E-state index contributed by atoms with van der Waals surface area (Å²) in [6.07, 6.45) is -0.0500. The second-order valence-electron chi connectivity index (χ2n) is 13.6. The summed E-state index contributed by atoms with van der Waals surface area (Å²) in [5.41, 5.74) is 14.7. The normalized spacial score (nSPS) is 13.4. The molecule has 0 aliphatic heterocycles. The molecule has 0 fully saturated rings. The van der Waals surface area contributed by atoms with E-state index in [2.05, 4.69) is 21.4 Å². The van der Waals surface area contributed by atoms with Gasteiger partial charge in [0.2, 0.25) is 35.4 Å². The van der Waals surface area contributed by atoms with Crippen molar-refractivity contribution in [3.8, 4) is 5.88 Å². The van der Waals surface area contributed by atoms with Crippen LogP contribution < -0.4 is 37.7 Å². The smallest absolute Gasteiger partial charge is 0.441 e. The van der Waals surface area contributed by atoms with E-state index >= 15 is 0 Å². The SMILES string of the molecule is CCC(=O)n1c(ONC(=O)OC(C)(C)C)c(C[C@H](N)C(=O)N[C@@H](CCSC)C(=O)N[C@@H](CC(=O)O)C(=O)N[C@@H](Cc2ccccc2)C(N)=O)c2ccccc21. The van der Waals surface area contributed by atoms with Gasteiger partial charge in [0.1, 0.15) is 23.7 Å². The lowest BCUT2D eigenvalue weighted by atomic mass is 10.0. The van der Waals surface area contributed by atoms with Crippen molar-refractivity contribution >= 4 is 64.3 Å². The molecule has 0 saturated heterocycles. The van der Waals surface area contributed by atoms with Gasteiger partial charge >= 0.3 is 12.1 Å². The summed E-state index contributed by atoms with van der Waals surface area (Å²) >= 11 is 1.37. The Bertz CT molecular complexity index is 1860. The van der Waals surface area contributed by atoms with Gasteiger partial charge in [0, 0.05) is 30.2 Å². The first-order valence-corrected chi connectivity index (χ1v) is 18.9. The van der Waals surface area contributed by atoms with Gasteiger partial charge in [-0.05, 0) is 50.8 Å². The number of benzene rings is 2. The molecule has 0 aliphatic rings. The number of hydroxylamine groups is 1. The number of nitrogens with zero attached hydrogens (tertiary/aromatic N) is 1. The van der Waals surface area contributed by atoms with Crippen molar-refractivity contribution < 1.29 is 48.2 Å². The Hall–Kier alpha value is -5.62. The van der Waals surface area contributed by atoms with E-state index in [0.29, 0.717) is 27.8 Å². The fourth-order valence-electron chi connectivity index (χ4n) is 5.48. The molecule has 0 unspecified atom stereocenters. The fraction of sp³-hybridized carbons (Fsp3) is 0.432. The van der Waals surface area contributed by atoms with Crippen molar-refractivity contribution in [2.45, 2.75) is 89.6 Å². The summed E-state index contributed by atoms with van der Waals surface area (Å²) in [4.78, 5) is 95.8. The van der Waals surface area contributed by atoms with Gasteiger partial charge in [-0.15, -0.1) is 0 Å². The zero-order valence-corrected chi connectivity index (χ0v) is 32.2. The van der Waals surface area contributed by atoms with E-state index in [1.54, 1.807) is 88.5 Å². The zero-order chi connectivity index (χ0) is 40.9. The minimum absolute atomic E-state index is 0.0229. The maximum Gasteiger partial charge on any atom is 0.441 e. The van der Waals surface area contributed by atoms with E-state index in [9.17, 15) is 38.7 Å². The number of nitrogens with one attached hydrogen (secondary N) is 4. The maximum atomic E-state index is 13.6. The molecule has 4 atom stereocenters. The van der Waals surface area contributed by atoms with Crippen LogP contribution in [0.4, 0.5) is 4.79 Å². The van der Waals surface area contributed by atoms with Crippen LogP contribution in [0.5, 0.6) is 5.88 Å². The van der Waals surface area contributed by atoms with Crippen LogP contribution in [0.3, 0.4) is 0 Å². The Labute approximate surface area is 322 Å². The predicted octanol–water partition coefficient (Wildman–Crippen LogP) is 1.79. The molecule has 0 aliphatic carbocycles. The highest BCUT2D eigenvalue weighted by molar-refractivity contribution is 7.98. The molecule has 3 aromatic rings. The molecule has 2 aromatic carbocycles. The number of nitrogens with two attached hydrogens (primary N) is 2. The molecule has 0 radical (unpaired) electrons. The standard InChI is InChI=1S/C37H49N7O10S/c1-6-29(45)44-28-15-11-10-14-22(28)23(35(44)54-43-36(52)53-37(2,3)4)19-24(38)32(49)40-25(16-17-55-5)33(50)42-27(20-30(46)47)34(51)41-26(31(39)48)18-21-12-8-7-9-13-21/h7-15,24-27H,6,16-20,38H2,1-5H3,(H2,39,48)(H,40,49)(H,41,51)(H,42,50)(H,43,52)(H,46,47)/t24-,25-,26-,27-/m0/s1. The van der Waals surface area contributed by atoms with Crippen molar-refractivity contribution in [3.63, 3.8) is 0 Å². The molecule has 0 bridgehead atoms. The summed E-state index contributed by atoms with van der Waals surface area (Å²) < 4.78 is 6.52. The van der Waals surface area contributed by atoms with Crippen molar-refractivity contribution in [2.75, 3.05) is 12.0 Å². The molecular weight excluding hydrogens is 735 g/mol. The Kier molecular flexibility index (Phi) is 16.1. The number of para-hydroxylation sites is 1. The summed E-state index contributed by atoms with van der Waals surface area (Å²) in [6.45, 7) is 6.63. The number of carbonyl (C=O) groups excluding carboxylic acids is 6. The lowest BCUT2D eigenvalue weighted by Gasteiger charge is -2.25. The fourth-order valence-corrected chi connectivity index (χ4v) is 5.95. The number of hydrogen-bond acceptors (Lipinski definition) is 11. The largest absolute Gasteiger partial charge is 0.481 e. The maximum absolute atomic E-state index is 13.6. The van der Waals surface area contributed by atoms with E-state index in [-0.39, 0.29) is 37.5 Å². The first-order chi connectivity index (χ1) is 25.9. The topological polar surface area (TPSA) is 263 Å². The number of fused-ring (bicyclic) bond motifs is 1. The third kappa shape index (κ3) is 13.0. The van der Waals surface area contributed by atoms with Crippen molar-refractivity contribution in [3.05, 3.63) is 65.7 Å². The molecule has 1 aromatic heterocycles. The number of aromatic nitrogens is 1. The molecule has 1 heterocycles. The Morgan fingerprint density at radius 3 is 2.05 bits per heavy atom. The summed E-state index contributed by atoms with van der Waals surface area (Å²) in [7, 11) is 0. The highest BCUT2D eigenvalue weighted by Crippen LogP contribution is 2.33. The summed E-state index contributed by atoms with van der Waals surface area (Å²) in [5.74, 6) is -5.00. The third-order valence-electron chi connectivity index (χ3n) is 8.07. The van der Waals surface area contributed by atoms with Crippen LogP contribution in [0.2, 0.25) is 0 Å². The third-order valence-corrected chi connectivity index (χ3v) is 8.72. The van der Waals surface area contributed by atoms with Gasteiger partial charge in [0.25, 0.3) is 0 Å². The van der Waals surface area contributed by atoms with Crippen LogP contribution in [0.25, 0.3) is 10.9 Å². The minimum Gasteiger partial charge on any atom is -0.481 e. The van der Waals surface area contributed by atoms with Gasteiger partial charge in [0.15, 0.2) is 0 Å². The number of rotatable bonds is 19. The molecule has 3 rings (SSSR count).